The van der Waals surface area contributed by atoms with E-state index >= 15 is 0 Å². The van der Waals surface area contributed by atoms with Gasteiger partial charge in [-0.05, 0) is 66.1 Å². The van der Waals surface area contributed by atoms with Gasteiger partial charge in [-0.3, -0.25) is 9.36 Å². The molecule has 44 heavy (non-hydrogen) atoms. The van der Waals surface area contributed by atoms with E-state index in [-0.39, 0.29) is 12.2 Å². The monoisotopic (exact) mass is 684 g/mol. The van der Waals surface area contributed by atoms with Crippen LogP contribution >= 0.6 is 38.9 Å². The summed E-state index contributed by atoms with van der Waals surface area (Å²) < 4.78 is 14.6. The Morgan fingerprint density at radius 2 is 1.75 bits per heavy atom. The van der Waals surface area contributed by atoms with Gasteiger partial charge < -0.3 is 9.47 Å². The molecule has 0 fully saturated rings. The van der Waals surface area contributed by atoms with Crippen LogP contribution in [0.3, 0.4) is 0 Å². The highest BCUT2D eigenvalue weighted by Crippen LogP contribution is 2.35. The number of halogens is 2. The Kier molecular flexibility index (Phi) is 8.93. The first-order valence-electron chi connectivity index (χ1n) is 13.9. The normalized spacial score (nSPS) is 14.6. The lowest BCUT2D eigenvalue weighted by Crippen LogP contribution is -2.40. The largest absolute Gasteiger partial charge is 0.489 e. The molecule has 2 heterocycles. The minimum absolute atomic E-state index is 0.183. The fraction of sp³-hybridized carbons (Fsp3) is 0.114. The molecule has 0 saturated carbocycles. The molecule has 5 aromatic rings. The standard InChI is InChI=1S/C35H26BrClN2O4S/c1-2-42-34(41)30-31(24-8-4-3-5-9-24)38-35-39(32(30)25-13-17-27(37)18-14-25)33(40)29(44-35)20-23-7-6-10-28(19-23)43-21-22-11-15-26(36)16-12-22/h3-20,32H,2,21H2,1H3/b29-20-/t32-/m1/s1. The minimum Gasteiger partial charge on any atom is -0.489 e. The van der Waals surface area contributed by atoms with Crippen LogP contribution < -0.4 is 19.6 Å². The molecule has 1 atom stereocenters. The Morgan fingerprint density at radius 1 is 1.00 bits per heavy atom. The van der Waals surface area contributed by atoms with Crippen molar-refractivity contribution in [3.63, 3.8) is 0 Å². The van der Waals surface area contributed by atoms with Crippen molar-refractivity contribution in [1.29, 1.82) is 0 Å². The van der Waals surface area contributed by atoms with Gasteiger partial charge in [-0.25, -0.2) is 9.79 Å². The zero-order valence-corrected chi connectivity index (χ0v) is 26.7. The number of rotatable bonds is 8. The number of benzene rings is 4. The van der Waals surface area contributed by atoms with E-state index in [2.05, 4.69) is 15.9 Å². The second-order valence-electron chi connectivity index (χ2n) is 9.97. The van der Waals surface area contributed by atoms with Crippen LogP contribution in [0.2, 0.25) is 5.02 Å². The summed E-state index contributed by atoms with van der Waals surface area (Å²) in [5, 5.41) is 0.549. The van der Waals surface area contributed by atoms with E-state index in [1.165, 1.54) is 11.3 Å². The molecule has 0 N–H and O–H groups in total. The van der Waals surface area contributed by atoms with E-state index in [0.717, 1.165) is 26.7 Å². The summed E-state index contributed by atoms with van der Waals surface area (Å²) in [6.45, 7) is 2.35. The van der Waals surface area contributed by atoms with Crippen LogP contribution in [0, 0.1) is 0 Å². The number of hydrogen-bond acceptors (Lipinski definition) is 6. The molecular formula is C35H26BrClN2O4S. The van der Waals surface area contributed by atoms with E-state index in [0.29, 0.717) is 38.0 Å². The molecule has 6 rings (SSSR count). The van der Waals surface area contributed by atoms with Crippen molar-refractivity contribution >= 4 is 56.6 Å². The van der Waals surface area contributed by atoms with E-state index in [1.807, 2.05) is 97.1 Å². The molecule has 220 valence electrons. The zero-order chi connectivity index (χ0) is 30.6. The lowest BCUT2D eigenvalue weighted by atomic mass is 9.93. The summed E-state index contributed by atoms with van der Waals surface area (Å²) in [6.07, 6.45) is 1.82. The number of carbonyl (C=O) groups is 1. The highest BCUT2D eigenvalue weighted by atomic mass is 79.9. The molecule has 6 nitrogen and oxygen atoms in total. The fourth-order valence-corrected chi connectivity index (χ4v) is 6.38. The molecule has 0 aliphatic carbocycles. The van der Waals surface area contributed by atoms with Gasteiger partial charge in [0.25, 0.3) is 5.56 Å². The molecular weight excluding hydrogens is 660 g/mol. The van der Waals surface area contributed by atoms with Crippen LogP contribution in [-0.4, -0.2) is 17.1 Å². The molecule has 0 amide bonds. The number of fused-ring (bicyclic) bond motifs is 1. The van der Waals surface area contributed by atoms with Crippen molar-refractivity contribution in [2.45, 2.75) is 19.6 Å². The summed E-state index contributed by atoms with van der Waals surface area (Å²) >= 11 is 10.9. The molecule has 0 radical (unpaired) electrons. The first kappa shape index (κ1) is 29.8. The molecule has 0 spiro atoms. The first-order chi connectivity index (χ1) is 21.4. The van der Waals surface area contributed by atoms with Gasteiger partial charge in [0.15, 0.2) is 4.80 Å². The van der Waals surface area contributed by atoms with E-state index in [1.54, 1.807) is 23.6 Å². The Bertz CT molecular complexity index is 2040. The Balaban J connectivity index is 1.47. The predicted octanol–water partition coefficient (Wildman–Crippen LogP) is 6.93. The lowest BCUT2D eigenvalue weighted by Gasteiger charge is -2.25. The van der Waals surface area contributed by atoms with Crippen LogP contribution in [0.15, 0.2) is 123 Å². The first-order valence-corrected chi connectivity index (χ1v) is 15.9. The Labute approximate surface area is 271 Å². The molecule has 4 aromatic carbocycles. The van der Waals surface area contributed by atoms with Crippen molar-refractivity contribution in [3.05, 3.63) is 160 Å². The Hall–Kier alpha value is -4.24. The third-order valence-electron chi connectivity index (χ3n) is 7.03. The van der Waals surface area contributed by atoms with Gasteiger partial charge in [0.1, 0.15) is 12.4 Å². The van der Waals surface area contributed by atoms with E-state index in [9.17, 15) is 9.59 Å². The molecule has 0 bridgehead atoms. The predicted molar refractivity (Wildman–Crippen MR) is 177 cm³/mol. The lowest BCUT2D eigenvalue weighted by molar-refractivity contribution is -0.138. The topological polar surface area (TPSA) is 69.9 Å². The highest BCUT2D eigenvalue weighted by molar-refractivity contribution is 9.10. The maximum atomic E-state index is 14.1. The van der Waals surface area contributed by atoms with Gasteiger partial charge >= 0.3 is 5.97 Å². The number of hydrogen-bond donors (Lipinski definition) is 0. The number of esters is 1. The van der Waals surface area contributed by atoms with E-state index in [4.69, 9.17) is 26.1 Å². The SMILES string of the molecule is CCOC(=O)C1=C(c2ccccc2)N=c2s/c(=C\c3cccc(OCc4ccc(Br)cc4)c3)c(=O)n2[C@@H]1c1ccc(Cl)cc1. The summed E-state index contributed by atoms with van der Waals surface area (Å²) in [5.74, 6) is 0.157. The third-order valence-corrected chi connectivity index (χ3v) is 8.80. The fourth-order valence-electron chi connectivity index (χ4n) is 4.99. The van der Waals surface area contributed by atoms with Crippen LogP contribution in [-0.2, 0) is 16.1 Å². The quantitative estimate of drug-likeness (QED) is 0.166. The number of aromatic nitrogens is 1. The second-order valence-corrected chi connectivity index (χ2v) is 12.3. The number of thiazole rings is 1. The van der Waals surface area contributed by atoms with Gasteiger partial charge in [0.2, 0.25) is 0 Å². The van der Waals surface area contributed by atoms with E-state index < -0.39 is 12.0 Å². The maximum Gasteiger partial charge on any atom is 0.338 e. The molecule has 0 unspecified atom stereocenters. The van der Waals surface area contributed by atoms with Crippen LogP contribution in [0.4, 0.5) is 0 Å². The molecule has 1 aromatic heterocycles. The van der Waals surface area contributed by atoms with Crippen molar-refractivity contribution in [1.82, 2.24) is 4.57 Å². The highest BCUT2D eigenvalue weighted by Gasteiger charge is 2.35. The summed E-state index contributed by atoms with van der Waals surface area (Å²) in [7, 11) is 0. The molecule has 9 heteroatoms. The molecule has 1 aliphatic rings. The van der Waals surface area contributed by atoms with Gasteiger partial charge in [-0.1, -0.05) is 106 Å². The van der Waals surface area contributed by atoms with Crippen LogP contribution in [0.1, 0.15) is 35.2 Å². The third kappa shape index (κ3) is 6.33. The molecule has 1 aliphatic heterocycles. The van der Waals surface area contributed by atoms with Crippen molar-refractivity contribution in [2.24, 2.45) is 4.99 Å². The smallest absolute Gasteiger partial charge is 0.338 e. The Morgan fingerprint density at radius 3 is 2.48 bits per heavy atom. The second kappa shape index (κ2) is 13.2. The maximum absolute atomic E-state index is 14.1. The number of carbonyl (C=O) groups excluding carboxylic acids is 1. The molecule has 0 saturated heterocycles. The average molecular weight is 686 g/mol. The number of nitrogens with zero attached hydrogens (tertiary/aromatic N) is 2. The average Bonchev–Trinajstić information content (AvgIpc) is 3.35. The van der Waals surface area contributed by atoms with Gasteiger partial charge in [-0.15, -0.1) is 0 Å². The van der Waals surface area contributed by atoms with Gasteiger partial charge in [-0.2, -0.15) is 0 Å². The van der Waals surface area contributed by atoms with Crippen LogP contribution in [0.5, 0.6) is 5.75 Å². The van der Waals surface area contributed by atoms with Crippen LogP contribution in [0.25, 0.3) is 11.8 Å². The van der Waals surface area contributed by atoms with Crippen molar-refractivity contribution in [3.8, 4) is 5.75 Å². The van der Waals surface area contributed by atoms with Gasteiger partial charge in [0.05, 0.1) is 28.5 Å². The zero-order valence-electron chi connectivity index (χ0n) is 23.6. The van der Waals surface area contributed by atoms with Crippen molar-refractivity contribution in [2.75, 3.05) is 6.61 Å². The van der Waals surface area contributed by atoms with Gasteiger partial charge in [0, 0.05) is 15.1 Å². The minimum atomic E-state index is -0.763. The summed E-state index contributed by atoms with van der Waals surface area (Å²) in [5.41, 5.74) is 3.83. The summed E-state index contributed by atoms with van der Waals surface area (Å²) in [6, 6.07) is 31.4. The number of ether oxygens (including phenoxy) is 2. The summed E-state index contributed by atoms with van der Waals surface area (Å²) in [4.78, 5) is 33.0. The van der Waals surface area contributed by atoms with Crippen molar-refractivity contribution < 1.29 is 14.3 Å².